The Morgan fingerprint density at radius 1 is 0.952 bits per heavy atom. The van der Waals surface area contributed by atoms with Crippen molar-refractivity contribution in [3.63, 3.8) is 0 Å². The standard InChI is InChI=1S/C18H18Cl2O/c1-18(2,3)14-7-5-13(6-8-14)17(21)11-12-4-9-15(19)16(20)10-12/h4-10H,11H2,1-3H3. The highest BCUT2D eigenvalue weighted by Gasteiger charge is 2.14. The van der Waals surface area contributed by atoms with Gasteiger partial charge in [0.25, 0.3) is 0 Å². The van der Waals surface area contributed by atoms with Crippen LogP contribution in [0.15, 0.2) is 42.5 Å². The highest BCUT2D eigenvalue weighted by atomic mass is 35.5. The first-order valence-corrected chi connectivity index (χ1v) is 7.60. The van der Waals surface area contributed by atoms with Crippen LogP contribution in [-0.4, -0.2) is 5.78 Å². The predicted octanol–water partition coefficient (Wildman–Crippen LogP) is 5.72. The second-order valence-electron chi connectivity index (χ2n) is 6.18. The van der Waals surface area contributed by atoms with Gasteiger partial charge in [-0.25, -0.2) is 0 Å². The van der Waals surface area contributed by atoms with Crippen molar-refractivity contribution in [2.75, 3.05) is 0 Å². The van der Waals surface area contributed by atoms with E-state index in [4.69, 9.17) is 23.2 Å². The average molecular weight is 321 g/mol. The molecule has 0 spiro atoms. The maximum absolute atomic E-state index is 12.3. The molecule has 0 N–H and O–H groups in total. The van der Waals surface area contributed by atoms with Gasteiger partial charge in [-0.2, -0.15) is 0 Å². The van der Waals surface area contributed by atoms with Gasteiger partial charge >= 0.3 is 0 Å². The number of hydrogen-bond donors (Lipinski definition) is 0. The number of Topliss-reactive ketones (excluding diaryl/α,β-unsaturated/α-hetero) is 1. The minimum absolute atomic E-state index is 0.0776. The van der Waals surface area contributed by atoms with E-state index in [0.717, 1.165) is 5.56 Å². The molecule has 3 heteroatoms. The van der Waals surface area contributed by atoms with Crippen LogP contribution in [0.25, 0.3) is 0 Å². The summed E-state index contributed by atoms with van der Waals surface area (Å²) < 4.78 is 0. The van der Waals surface area contributed by atoms with E-state index in [1.807, 2.05) is 30.3 Å². The molecule has 2 aromatic rings. The Morgan fingerprint density at radius 3 is 2.10 bits per heavy atom. The fourth-order valence-electron chi connectivity index (χ4n) is 2.09. The Morgan fingerprint density at radius 2 is 1.57 bits per heavy atom. The molecule has 0 fully saturated rings. The van der Waals surface area contributed by atoms with E-state index in [9.17, 15) is 4.79 Å². The zero-order valence-corrected chi connectivity index (χ0v) is 13.9. The molecule has 0 heterocycles. The van der Waals surface area contributed by atoms with Gasteiger partial charge in [0.1, 0.15) is 0 Å². The second-order valence-corrected chi connectivity index (χ2v) is 6.99. The molecule has 0 radical (unpaired) electrons. The van der Waals surface area contributed by atoms with Gasteiger partial charge in [-0.15, -0.1) is 0 Å². The zero-order valence-electron chi connectivity index (χ0n) is 12.4. The highest BCUT2D eigenvalue weighted by molar-refractivity contribution is 6.42. The average Bonchev–Trinajstić information content (AvgIpc) is 2.42. The van der Waals surface area contributed by atoms with Crippen molar-refractivity contribution in [3.05, 3.63) is 69.2 Å². The number of rotatable bonds is 3. The third-order valence-corrected chi connectivity index (χ3v) is 4.16. The molecule has 2 rings (SSSR count). The lowest BCUT2D eigenvalue weighted by atomic mass is 9.86. The van der Waals surface area contributed by atoms with Gasteiger partial charge < -0.3 is 0 Å². The van der Waals surface area contributed by atoms with Gasteiger partial charge in [-0.3, -0.25) is 4.79 Å². The fraction of sp³-hybridized carbons (Fsp3) is 0.278. The van der Waals surface area contributed by atoms with Crippen LogP contribution in [0, 0.1) is 0 Å². The zero-order chi connectivity index (χ0) is 15.6. The molecule has 0 aromatic heterocycles. The number of hydrogen-bond acceptors (Lipinski definition) is 1. The molecule has 0 amide bonds. The first-order chi connectivity index (χ1) is 9.77. The van der Waals surface area contributed by atoms with Crippen molar-refractivity contribution in [2.24, 2.45) is 0 Å². The van der Waals surface area contributed by atoms with Crippen molar-refractivity contribution in [2.45, 2.75) is 32.6 Å². The Kier molecular flexibility index (Phi) is 4.75. The molecular formula is C18H18Cl2O. The summed E-state index contributed by atoms with van der Waals surface area (Å²) in [6, 6.07) is 13.1. The SMILES string of the molecule is CC(C)(C)c1ccc(C(=O)Cc2ccc(Cl)c(Cl)c2)cc1. The van der Waals surface area contributed by atoms with Crippen LogP contribution in [0.4, 0.5) is 0 Å². The van der Waals surface area contributed by atoms with E-state index in [0.29, 0.717) is 22.0 Å². The van der Waals surface area contributed by atoms with Crippen molar-refractivity contribution < 1.29 is 4.79 Å². The smallest absolute Gasteiger partial charge is 0.167 e. The molecule has 2 aromatic carbocycles. The summed E-state index contributed by atoms with van der Waals surface area (Å²) in [6.07, 6.45) is 0.325. The fourth-order valence-corrected chi connectivity index (χ4v) is 2.41. The maximum Gasteiger partial charge on any atom is 0.167 e. The van der Waals surface area contributed by atoms with Crippen LogP contribution in [0.3, 0.4) is 0 Å². The molecule has 1 nitrogen and oxygen atoms in total. The van der Waals surface area contributed by atoms with Crippen LogP contribution >= 0.6 is 23.2 Å². The summed E-state index contributed by atoms with van der Waals surface area (Å²) in [7, 11) is 0. The van der Waals surface area contributed by atoms with Crippen molar-refractivity contribution >= 4 is 29.0 Å². The Bertz CT molecular complexity index is 652. The van der Waals surface area contributed by atoms with Crippen LogP contribution in [0.1, 0.15) is 42.3 Å². The lowest BCUT2D eigenvalue weighted by Gasteiger charge is -2.19. The summed E-state index contributed by atoms with van der Waals surface area (Å²) in [5.41, 5.74) is 2.89. The molecule has 0 saturated heterocycles. The van der Waals surface area contributed by atoms with Gasteiger partial charge in [0, 0.05) is 12.0 Å². The van der Waals surface area contributed by atoms with E-state index in [1.54, 1.807) is 12.1 Å². The van der Waals surface area contributed by atoms with Crippen LogP contribution in [0.5, 0.6) is 0 Å². The van der Waals surface area contributed by atoms with E-state index in [-0.39, 0.29) is 11.2 Å². The quantitative estimate of drug-likeness (QED) is 0.661. The van der Waals surface area contributed by atoms with Gasteiger partial charge in [-0.1, -0.05) is 74.3 Å². The molecule has 21 heavy (non-hydrogen) atoms. The number of halogens is 2. The lowest BCUT2D eigenvalue weighted by molar-refractivity contribution is 0.0993. The summed E-state index contributed by atoms with van der Waals surface area (Å²) in [4.78, 5) is 12.3. The number of carbonyl (C=O) groups is 1. The molecule has 0 unspecified atom stereocenters. The van der Waals surface area contributed by atoms with Crippen LogP contribution in [-0.2, 0) is 11.8 Å². The minimum atomic E-state index is 0.0776. The minimum Gasteiger partial charge on any atom is -0.294 e. The Labute approximate surface area is 135 Å². The second kappa shape index (κ2) is 6.21. The van der Waals surface area contributed by atoms with Crippen molar-refractivity contribution in [1.82, 2.24) is 0 Å². The Balaban J connectivity index is 2.15. The summed E-state index contributed by atoms with van der Waals surface area (Å²) in [5.74, 6) is 0.0776. The Hall–Kier alpha value is -1.31. The predicted molar refractivity (Wildman–Crippen MR) is 89.6 cm³/mol. The van der Waals surface area contributed by atoms with E-state index in [1.165, 1.54) is 5.56 Å². The molecule has 0 aliphatic heterocycles. The largest absolute Gasteiger partial charge is 0.294 e. The lowest BCUT2D eigenvalue weighted by Crippen LogP contribution is -2.11. The highest BCUT2D eigenvalue weighted by Crippen LogP contribution is 2.24. The first kappa shape index (κ1) is 16.1. The first-order valence-electron chi connectivity index (χ1n) is 6.85. The topological polar surface area (TPSA) is 17.1 Å². The molecular weight excluding hydrogens is 303 g/mol. The third-order valence-electron chi connectivity index (χ3n) is 3.42. The van der Waals surface area contributed by atoms with Crippen LogP contribution in [0.2, 0.25) is 10.0 Å². The van der Waals surface area contributed by atoms with E-state index >= 15 is 0 Å². The number of carbonyl (C=O) groups excluding carboxylic acids is 1. The summed E-state index contributed by atoms with van der Waals surface area (Å²) >= 11 is 11.8. The van der Waals surface area contributed by atoms with Gasteiger partial charge in [0.05, 0.1) is 10.0 Å². The van der Waals surface area contributed by atoms with Gasteiger partial charge in [0.2, 0.25) is 0 Å². The van der Waals surface area contributed by atoms with Gasteiger partial charge in [-0.05, 0) is 28.7 Å². The van der Waals surface area contributed by atoms with Gasteiger partial charge in [0.15, 0.2) is 5.78 Å². The molecule has 0 aliphatic rings. The van der Waals surface area contributed by atoms with Crippen molar-refractivity contribution in [3.8, 4) is 0 Å². The number of benzene rings is 2. The molecule has 110 valence electrons. The third kappa shape index (κ3) is 4.09. The summed E-state index contributed by atoms with van der Waals surface area (Å²) in [6.45, 7) is 6.46. The molecule has 0 saturated carbocycles. The normalized spacial score (nSPS) is 11.5. The van der Waals surface area contributed by atoms with Crippen LogP contribution < -0.4 is 0 Å². The van der Waals surface area contributed by atoms with Crippen molar-refractivity contribution in [1.29, 1.82) is 0 Å². The van der Waals surface area contributed by atoms with E-state index < -0.39 is 0 Å². The number of ketones is 1. The summed E-state index contributed by atoms with van der Waals surface area (Å²) in [5, 5.41) is 0.979. The van der Waals surface area contributed by atoms with E-state index in [2.05, 4.69) is 20.8 Å². The molecule has 0 atom stereocenters. The molecule has 0 aliphatic carbocycles. The molecule has 0 bridgehead atoms. The maximum atomic E-state index is 12.3. The monoisotopic (exact) mass is 320 g/mol.